The molecule has 2 heterocycles. The zero-order chi connectivity index (χ0) is 15.7. The van der Waals surface area contributed by atoms with E-state index in [1.807, 2.05) is 6.92 Å². The van der Waals surface area contributed by atoms with Crippen LogP contribution in [0.25, 0.3) is 0 Å². The van der Waals surface area contributed by atoms with Crippen LogP contribution in [0.2, 0.25) is 0 Å². The normalized spacial score (nSPS) is 17.1. The first kappa shape index (κ1) is 14.7. The summed E-state index contributed by atoms with van der Waals surface area (Å²) in [5.41, 5.74) is 3.10. The molecule has 0 fully saturated rings. The van der Waals surface area contributed by atoms with E-state index < -0.39 is 0 Å². The number of benzene rings is 1. The highest BCUT2D eigenvalue weighted by atomic mass is 19.1. The van der Waals surface area contributed by atoms with Gasteiger partial charge in [0.2, 0.25) is 0 Å². The molecule has 2 aromatic rings. The molecular weight excluding hydrogens is 285 g/mol. The molecule has 1 atom stereocenters. The standard InChI is InChI=1S/C16H18FN3O2/c1-10-13-14(19-18-10)16(21)20(8-3-9-22-2)15(13)11-4-6-12(17)7-5-11/h4-7,15H,3,8-9H2,1-2H3,(H,18,19). The van der Waals surface area contributed by atoms with Crippen LogP contribution in [0.4, 0.5) is 4.39 Å². The minimum atomic E-state index is -0.289. The highest BCUT2D eigenvalue weighted by Crippen LogP contribution is 2.39. The Morgan fingerprint density at radius 1 is 1.36 bits per heavy atom. The summed E-state index contributed by atoms with van der Waals surface area (Å²) in [6.07, 6.45) is 0.743. The molecule has 3 rings (SSSR count). The molecule has 0 saturated heterocycles. The van der Waals surface area contributed by atoms with Gasteiger partial charge in [-0.05, 0) is 31.0 Å². The lowest BCUT2D eigenvalue weighted by molar-refractivity contribution is 0.0723. The van der Waals surface area contributed by atoms with Gasteiger partial charge < -0.3 is 9.64 Å². The Bertz CT molecular complexity index is 681. The third-order valence-electron chi connectivity index (χ3n) is 3.98. The van der Waals surface area contributed by atoms with Gasteiger partial charge in [0.15, 0.2) is 5.69 Å². The molecule has 1 aliphatic rings. The van der Waals surface area contributed by atoms with Gasteiger partial charge in [-0.15, -0.1) is 0 Å². The maximum atomic E-state index is 13.2. The van der Waals surface area contributed by atoms with Crippen LogP contribution in [0.1, 0.15) is 39.8 Å². The van der Waals surface area contributed by atoms with Crippen LogP contribution in [0.3, 0.4) is 0 Å². The van der Waals surface area contributed by atoms with Crippen LogP contribution in [0.15, 0.2) is 24.3 Å². The fourth-order valence-corrected chi connectivity index (χ4v) is 2.95. The second-order valence-electron chi connectivity index (χ2n) is 5.41. The number of aromatic nitrogens is 2. The second kappa shape index (κ2) is 5.88. The zero-order valence-corrected chi connectivity index (χ0v) is 12.6. The van der Waals surface area contributed by atoms with Gasteiger partial charge in [0.1, 0.15) is 5.82 Å². The van der Waals surface area contributed by atoms with E-state index in [-0.39, 0.29) is 17.8 Å². The van der Waals surface area contributed by atoms with E-state index in [2.05, 4.69) is 10.2 Å². The number of rotatable bonds is 5. The number of nitrogens with one attached hydrogen (secondary N) is 1. The lowest BCUT2D eigenvalue weighted by Crippen LogP contribution is -2.31. The fraction of sp³-hybridized carbons (Fsp3) is 0.375. The number of H-pyrrole nitrogens is 1. The van der Waals surface area contributed by atoms with Crippen LogP contribution in [0, 0.1) is 12.7 Å². The van der Waals surface area contributed by atoms with Crippen molar-refractivity contribution in [2.75, 3.05) is 20.3 Å². The van der Waals surface area contributed by atoms with Crippen molar-refractivity contribution in [3.63, 3.8) is 0 Å². The van der Waals surface area contributed by atoms with Crippen LogP contribution >= 0.6 is 0 Å². The predicted molar refractivity (Wildman–Crippen MR) is 79.1 cm³/mol. The predicted octanol–water partition coefficient (Wildman–Crippen LogP) is 2.44. The number of hydrogen-bond donors (Lipinski definition) is 1. The summed E-state index contributed by atoms with van der Waals surface area (Å²) in [6, 6.07) is 6.05. The summed E-state index contributed by atoms with van der Waals surface area (Å²) >= 11 is 0. The van der Waals surface area contributed by atoms with Crippen LogP contribution in [-0.4, -0.2) is 41.3 Å². The topological polar surface area (TPSA) is 58.2 Å². The Kier molecular flexibility index (Phi) is 3.94. The van der Waals surface area contributed by atoms with Gasteiger partial charge in [0.25, 0.3) is 5.91 Å². The molecule has 22 heavy (non-hydrogen) atoms. The Hall–Kier alpha value is -2.21. The van der Waals surface area contributed by atoms with Crippen LogP contribution in [0.5, 0.6) is 0 Å². The van der Waals surface area contributed by atoms with Gasteiger partial charge in [-0.25, -0.2) is 4.39 Å². The molecule has 0 aliphatic carbocycles. The summed E-state index contributed by atoms with van der Waals surface area (Å²) in [7, 11) is 1.64. The fourth-order valence-electron chi connectivity index (χ4n) is 2.95. The van der Waals surface area contributed by atoms with E-state index in [4.69, 9.17) is 4.74 Å². The summed E-state index contributed by atoms with van der Waals surface area (Å²) in [6.45, 7) is 3.06. The Labute approximate surface area is 128 Å². The molecule has 1 unspecified atom stereocenters. The van der Waals surface area contributed by atoms with Crippen molar-refractivity contribution >= 4 is 5.91 Å². The van der Waals surface area contributed by atoms with Crippen molar-refractivity contribution in [3.8, 4) is 0 Å². The Balaban J connectivity index is 1.98. The first-order valence-corrected chi connectivity index (χ1v) is 7.23. The van der Waals surface area contributed by atoms with Crippen molar-refractivity contribution in [2.45, 2.75) is 19.4 Å². The molecule has 1 aromatic carbocycles. The summed E-state index contributed by atoms with van der Waals surface area (Å²) in [4.78, 5) is 14.4. The number of ether oxygens (including phenoxy) is 1. The number of hydrogen-bond acceptors (Lipinski definition) is 3. The van der Waals surface area contributed by atoms with E-state index >= 15 is 0 Å². The third-order valence-corrected chi connectivity index (χ3v) is 3.98. The number of carbonyl (C=O) groups is 1. The average Bonchev–Trinajstić information content (AvgIpc) is 3.01. The van der Waals surface area contributed by atoms with Crippen LogP contribution < -0.4 is 0 Å². The first-order valence-electron chi connectivity index (χ1n) is 7.23. The number of aromatic amines is 1. The van der Waals surface area contributed by atoms with Crippen molar-refractivity contribution in [2.24, 2.45) is 0 Å². The minimum Gasteiger partial charge on any atom is -0.385 e. The van der Waals surface area contributed by atoms with Crippen molar-refractivity contribution in [1.82, 2.24) is 15.1 Å². The summed E-state index contributed by atoms with van der Waals surface area (Å²) < 4.78 is 18.3. The number of nitrogens with zero attached hydrogens (tertiary/aromatic N) is 2. The number of carbonyl (C=O) groups excluding carboxylic acids is 1. The number of fused-ring (bicyclic) bond motifs is 1. The molecule has 5 nitrogen and oxygen atoms in total. The van der Waals surface area contributed by atoms with Gasteiger partial charge in [0, 0.05) is 31.5 Å². The molecule has 1 aromatic heterocycles. The van der Waals surface area contributed by atoms with E-state index in [9.17, 15) is 9.18 Å². The maximum Gasteiger partial charge on any atom is 0.275 e. The van der Waals surface area contributed by atoms with Gasteiger partial charge in [0.05, 0.1) is 6.04 Å². The van der Waals surface area contributed by atoms with Gasteiger partial charge in [-0.1, -0.05) is 12.1 Å². The zero-order valence-electron chi connectivity index (χ0n) is 12.6. The highest BCUT2D eigenvalue weighted by molar-refractivity contribution is 5.98. The molecule has 0 saturated carbocycles. The maximum absolute atomic E-state index is 13.2. The largest absolute Gasteiger partial charge is 0.385 e. The molecule has 1 amide bonds. The molecule has 1 N–H and O–H groups in total. The van der Waals surface area contributed by atoms with Crippen LogP contribution in [-0.2, 0) is 4.74 Å². The summed E-state index contributed by atoms with van der Waals surface area (Å²) in [5.74, 6) is -0.382. The van der Waals surface area contributed by atoms with Crippen molar-refractivity contribution in [1.29, 1.82) is 0 Å². The quantitative estimate of drug-likeness (QED) is 0.863. The molecule has 0 bridgehead atoms. The molecular formula is C16H18FN3O2. The van der Waals surface area contributed by atoms with E-state index in [0.29, 0.717) is 18.8 Å². The van der Waals surface area contributed by atoms with Gasteiger partial charge in [-0.2, -0.15) is 5.10 Å². The molecule has 0 spiro atoms. The molecule has 1 aliphatic heterocycles. The number of aryl methyl sites for hydroxylation is 1. The Morgan fingerprint density at radius 3 is 2.77 bits per heavy atom. The molecule has 116 valence electrons. The number of amides is 1. The van der Waals surface area contributed by atoms with Gasteiger partial charge >= 0.3 is 0 Å². The lowest BCUT2D eigenvalue weighted by atomic mass is 9.99. The van der Waals surface area contributed by atoms with E-state index in [0.717, 1.165) is 23.2 Å². The second-order valence-corrected chi connectivity index (χ2v) is 5.41. The number of halogens is 1. The van der Waals surface area contributed by atoms with E-state index in [1.165, 1.54) is 12.1 Å². The first-order chi connectivity index (χ1) is 10.6. The highest BCUT2D eigenvalue weighted by Gasteiger charge is 2.40. The van der Waals surface area contributed by atoms with E-state index in [1.54, 1.807) is 24.1 Å². The van der Waals surface area contributed by atoms with Crippen molar-refractivity contribution in [3.05, 3.63) is 52.6 Å². The third kappa shape index (κ3) is 2.39. The lowest BCUT2D eigenvalue weighted by Gasteiger charge is -2.26. The molecule has 0 radical (unpaired) electrons. The van der Waals surface area contributed by atoms with Gasteiger partial charge in [-0.3, -0.25) is 9.89 Å². The van der Waals surface area contributed by atoms with Crippen molar-refractivity contribution < 1.29 is 13.9 Å². The Morgan fingerprint density at radius 2 is 2.09 bits per heavy atom. The monoisotopic (exact) mass is 303 g/mol. The molecule has 6 heteroatoms. The SMILES string of the molecule is COCCCN1C(=O)c2n[nH]c(C)c2C1c1ccc(F)cc1. The number of methoxy groups -OCH3 is 1. The minimum absolute atomic E-state index is 0.0928. The average molecular weight is 303 g/mol. The smallest absolute Gasteiger partial charge is 0.275 e. The summed E-state index contributed by atoms with van der Waals surface area (Å²) in [5, 5.41) is 7.00.